The SMILES string of the molecule is Br[C@@H]1CCC2CC2CC[C@H]1Br. The smallest absolute Gasteiger partial charge is 0.0271 e. The fourth-order valence-electron chi connectivity index (χ4n) is 2.13. The van der Waals surface area contributed by atoms with Crippen molar-refractivity contribution in [3.05, 3.63) is 0 Å². The quantitative estimate of drug-likeness (QED) is 0.594. The molecule has 0 aliphatic heterocycles. The highest BCUT2D eigenvalue weighted by Gasteiger charge is 2.38. The number of halogens is 2. The van der Waals surface area contributed by atoms with Crippen LogP contribution in [0.2, 0.25) is 0 Å². The predicted molar refractivity (Wildman–Crippen MR) is 55.5 cm³/mol. The van der Waals surface area contributed by atoms with E-state index in [9.17, 15) is 0 Å². The molecule has 0 N–H and O–H groups in total. The fourth-order valence-corrected chi connectivity index (χ4v) is 3.18. The van der Waals surface area contributed by atoms with Crippen molar-refractivity contribution in [1.29, 1.82) is 0 Å². The molecule has 0 saturated heterocycles. The summed E-state index contributed by atoms with van der Waals surface area (Å²) in [7, 11) is 0. The summed E-state index contributed by atoms with van der Waals surface area (Å²) in [5.74, 6) is 2.21. The van der Waals surface area contributed by atoms with Crippen molar-refractivity contribution in [2.45, 2.75) is 41.8 Å². The lowest BCUT2D eigenvalue weighted by Crippen LogP contribution is -2.16. The van der Waals surface area contributed by atoms with E-state index in [2.05, 4.69) is 31.9 Å². The van der Waals surface area contributed by atoms with Crippen molar-refractivity contribution >= 4 is 31.9 Å². The van der Waals surface area contributed by atoms with E-state index in [0.29, 0.717) is 0 Å². The molecule has 0 amide bonds. The van der Waals surface area contributed by atoms with Crippen LogP contribution in [0.5, 0.6) is 0 Å². The van der Waals surface area contributed by atoms with Crippen LogP contribution < -0.4 is 0 Å². The Morgan fingerprint density at radius 3 is 1.64 bits per heavy atom. The Hall–Kier alpha value is 0.960. The Kier molecular flexibility index (Phi) is 2.62. The Morgan fingerprint density at radius 2 is 1.18 bits per heavy atom. The lowest BCUT2D eigenvalue weighted by atomic mass is 10.0. The van der Waals surface area contributed by atoms with Gasteiger partial charge >= 0.3 is 0 Å². The minimum absolute atomic E-state index is 0.726. The molecule has 2 aliphatic rings. The van der Waals surface area contributed by atoms with Crippen molar-refractivity contribution < 1.29 is 0 Å². The lowest BCUT2D eigenvalue weighted by Gasteiger charge is -2.19. The van der Waals surface area contributed by atoms with E-state index in [4.69, 9.17) is 0 Å². The summed E-state index contributed by atoms with van der Waals surface area (Å²) in [4.78, 5) is 1.45. The standard InChI is InChI=1S/C9H14Br2/c10-8-3-1-6-5-7(6)2-4-9(8)11/h6-9H,1-5H2/t6?,7?,8-,9-/m1/s1. The third kappa shape index (κ3) is 2.00. The monoisotopic (exact) mass is 280 g/mol. The summed E-state index contributed by atoms with van der Waals surface area (Å²) in [5, 5.41) is 0. The molecule has 0 aromatic carbocycles. The summed E-state index contributed by atoms with van der Waals surface area (Å²) >= 11 is 7.47. The van der Waals surface area contributed by atoms with Crippen LogP contribution in [0.3, 0.4) is 0 Å². The summed E-state index contributed by atoms with van der Waals surface area (Å²) in [6.45, 7) is 0. The molecule has 2 rings (SSSR count). The molecule has 0 radical (unpaired) electrons. The molecule has 0 bridgehead atoms. The zero-order valence-corrected chi connectivity index (χ0v) is 9.77. The molecule has 2 fully saturated rings. The molecule has 2 aliphatic carbocycles. The Bertz CT molecular complexity index is 130. The van der Waals surface area contributed by atoms with Gasteiger partial charge in [-0.1, -0.05) is 31.9 Å². The molecule has 0 aromatic rings. The number of hydrogen-bond donors (Lipinski definition) is 0. The third-order valence-corrected chi connectivity index (χ3v) is 5.99. The molecule has 2 unspecified atom stereocenters. The molecule has 0 heterocycles. The van der Waals surface area contributed by atoms with Crippen LogP contribution >= 0.6 is 31.9 Å². The van der Waals surface area contributed by atoms with Crippen LogP contribution in [0, 0.1) is 11.8 Å². The Balaban J connectivity index is 1.89. The lowest BCUT2D eigenvalue weighted by molar-refractivity contribution is 0.508. The van der Waals surface area contributed by atoms with Gasteiger partial charge in [-0.05, 0) is 43.9 Å². The fraction of sp³-hybridized carbons (Fsp3) is 1.00. The van der Waals surface area contributed by atoms with Crippen LogP contribution in [0.4, 0.5) is 0 Å². The van der Waals surface area contributed by atoms with E-state index in [-0.39, 0.29) is 0 Å². The molecule has 0 spiro atoms. The first-order chi connectivity index (χ1) is 5.27. The Labute approximate surface area is 85.4 Å². The molecule has 4 atom stereocenters. The first-order valence-corrected chi connectivity index (χ1v) is 6.38. The van der Waals surface area contributed by atoms with Gasteiger partial charge < -0.3 is 0 Å². The van der Waals surface area contributed by atoms with Crippen LogP contribution in [0.1, 0.15) is 32.1 Å². The highest BCUT2D eigenvalue weighted by Crippen LogP contribution is 2.48. The molecule has 11 heavy (non-hydrogen) atoms. The van der Waals surface area contributed by atoms with Crippen molar-refractivity contribution in [1.82, 2.24) is 0 Å². The van der Waals surface area contributed by atoms with Crippen LogP contribution in [0.15, 0.2) is 0 Å². The van der Waals surface area contributed by atoms with Gasteiger partial charge in [-0.15, -0.1) is 0 Å². The number of fused-ring (bicyclic) bond motifs is 1. The summed E-state index contributed by atoms with van der Waals surface area (Å²) < 4.78 is 0. The molecule has 0 nitrogen and oxygen atoms in total. The van der Waals surface area contributed by atoms with Crippen molar-refractivity contribution in [2.75, 3.05) is 0 Å². The second-order valence-corrected chi connectivity index (χ2v) is 6.29. The average Bonchev–Trinajstić information content (AvgIpc) is 2.72. The van der Waals surface area contributed by atoms with Gasteiger partial charge in [0.15, 0.2) is 0 Å². The molecular weight excluding hydrogens is 268 g/mol. The Morgan fingerprint density at radius 1 is 0.727 bits per heavy atom. The van der Waals surface area contributed by atoms with Gasteiger partial charge in [0, 0.05) is 9.65 Å². The van der Waals surface area contributed by atoms with E-state index >= 15 is 0 Å². The second kappa shape index (κ2) is 3.37. The van der Waals surface area contributed by atoms with Crippen molar-refractivity contribution in [3.63, 3.8) is 0 Å². The van der Waals surface area contributed by atoms with E-state index in [1.807, 2.05) is 0 Å². The third-order valence-electron chi connectivity index (χ3n) is 3.09. The average molecular weight is 282 g/mol. The van der Waals surface area contributed by atoms with E-state index in [1.54, 1.807) is 0 Å². The molecular formula is C9H14Br2. The molecule has 2 heteroatoms. The number of alkyl halides is 2. The maximum atomic E-state index is 3.74. The van der Waals surface area contributed by atoms with Gasteiger partial charge in [0.1, 0.15) is 0 Å². The van der Waals surface area contributed by atoms with Gasteiger partial charge in [-0.2, -0.15) is 0 Å². The topological polar surface area (TPSA) is 0 Å². The minimum Gasteiger partial charge on any atom is -0.0879 e. The zero-order valence-electron chi connectivity index (χ0n) is 6.60. The normalized spacial score (nSPS) is 50.7. The minimum atomic E-state index is 0.726. The zero-order chi connectivity index (χ0) is 7.84. The number of hydrogen-bond acceptors (Lipinski definition) is 0. The van der Waals surface area contributed by atoms with E-state index in [0.717, 1.165) is 21.5 Å². The maximum absolute atomic E-state index is 3.74. The van der Waals surface area contributed by atoms with Crippen LogP contribution in [0.25, 0.3) is 0 Å². The maximum Gasteiger partial charge on any atom is 0.0271 e. The highest BCUT2D eigenvalue weighted by atomic mass is 79.9. The van der Waals surface area contributed by atoms with Gasteiger partial charge in [0.2, 0.25) is 0 Å². The molecule has 64 valence electrons. The largest absolute Gasteiger partial charge is 0.0879 e. The van der Waals surface area contributed by atoms with Gasteiger partial charge in [-0.25, -0.2) is 0 Å². The highest BCUT2D eigenvalue weighted by molar-refractivity contribution is 9.12. The summed E-state index contributed by atoms with van der Waals surface area (Å²) in [5.41, 5.74) is 0. The van der Waals surface area contributed by atoms with Crippen LogP contribution in [-0.2, 0) is 0 Å². The van der Waals surface area contributed by atoms with Crippen molar-refractivity contribution in [2.24, 2.45) is 11.8 Å². The first-order valence-electron chi connectivity index (χ1n) is 4.55. The van der Waals surface area contributed by atoms with Crippen molar-refractivity contribution in [3.8, 4) is 0 Å². The second-order valence-electron chi connectivity index (χ2n) is 3.94. The predicted octanol–water partition coefficient (Wildman–Crippen LogP) is 3.72. The first kappa shape index (κ1) is 8.55. The summed E-state index contributed by atoms with van der Waals surface area (Å²) in [6, 6.07) is 0. The van der Waals surface area contributed by atoms with Gasteiger partial charge in [0.05, 0.1) is 0 Å². The molecule has 0 aromatic heterocycles. The van der Waals surface area contributed by atoms with Gasteiger partial charge in [-0.3, -0.25) is 0 Å². The summed E-state index contributed by atoms with van der Waals surface area (Å²) in [6.07, 6.45) is 7.19. The van der Waals surface area contributed by atoms with Crippen LogP contribution in [-0.4, -0.2) is 9.65 Å². The van der Waals surface area contributed by atoms with E-state index < -0.39 is 0 Å². The van der Waals surface area contributed by atoms with Gasteiger partial charge in [0.25, 0.3) is 0 Å². The molecule has 2 saturated carbocycles. The van der Waals surface area contributed by atoms with E-state index in [1.165, 1.54) is 32.1 Å². The number of rotatable bonds is 0.